The van der Waals surface area contributed by atoms with E-state index in [1.807, 2.05) is 0 Å². The highest BCUT2D eigenvalue weighted by Gasteiger charge is 2.15. The van der Waals surface area contributed by atoms with Gasteiger partial charge in [-0.2, -0.15) is 0 Å². The van der Waals surface area contributed by atoms with Gasteiger partial charge in [-0.1, -0.05) is 0 Å². The highest BCUT2D eigenvalue weighted by molar-refractivity contribution is 7.73. The third-order valence-electron chi connectivity index (χ3n) is 0.703. The van der Waals surface area contributed by atoms with Crippen LogP contribution in [0.25, 0.3) is 4.98 Å². The number of rotatable bonds is 0. The Kier molecular flexibility index (Phi) is 1.46. The van der Waals surface area contributed by atoms with Crippen LogP contribution in [-0.4, -0.2) is 10.1 Å². The lowest BCUT2D eigenvalue weighted by Crippen LogP contribution is -1.57. The maximum Gasteiger partial charge on any atom is 0.502 e. The Morgan fingerprint density at radius 2 is 2.44 bits per heavy atom. The van der Waals surface area contributed by atoms with Crippen molar-refractivity contribution in [1.82, 2.24) is 4.98 Å². The van der Waals surface area contributed by atoms with E-state index in [4.69, 9.17) is 10.5 Å². The van der Waals surface area contributed by atoms with Gasteiger partial charge in [0.15, 0.2) is 8.93 Å². The summed E-state index contributed by atoms with van der Waals surface area (Å²) in [6.45, 7) is 0. The lowest BCUT2D eigenvalue weighted by Gasteiger charge is -1.67. The number of nitrogens with zero attached hydrogens (tertiary/aromatic N) is 2. The van der Waals surface area contributed by atoms with Crippen LogP contribution < -0.4 is 0 Å². The first-order valence-corrected chi connectivity index (χ1v) is 3.23. The van der Waals surface area contributed by atoms with Crippen LogP contribution in [0.5, 0.6) is 5.88 Å². The minimum Gasteiger partial charge on any atom is -0.488 e. The summed E-state index contributed by atoms with van der Waals surface area (Å²) in [4.78, 5) is 5.16. The smallest absolute Gasteiger partial charge is 0.488 e. The molecule has 46 valence electrons. The number of aromatic nitrogens is 1. The van der Waals surface area contributed by atoms with Gasteiger partial charge in [-0.05, 0) is 23.6 Å². The zero-order chi connectivity index (χ0) is 6.85. The van der Waals surface area contributed by atoms with E-state index in [0.29, 0.717) is 3.95 Å². The zero-order valence-electron chi connectivity index (χ0n) is 4.16. The van der Waals surface area contributed by atoms with Crippen LogP contribution >= 0.6 is 23.6 Å². The van der Waals surface area contributed by atoms with Crippen molar-refractivity contribution in [3.63, 3.8) is 0 Å². The van der Waals surface area contributed by atoms with Crippen LogP contribution in [-0.2, 0) is 0 Å². The molecule has 2 N–H and O–H groups in total. The predicted molar refractivity (Wildman–Crippen MR) is 35.9 cm³/mol. The molecular weight excluding hydrogens is 158 g/mol. The number of aromatic amines is 1. The molecule has 9 heavy (non-hydrogen) atoms. The molecule has 0 saturated heterocycles. The van der Waals surface area contributed by atoms with Crippen molar-refractivity contribution in [3.8, 4) is 5.88 Å². The number of hydrogen-bond donors (Lipinski definition) is 2. The second kappa shape index (κ2) is 2.13. The molecule has 6 heteroatoms. The van der Waals surface area contributed by atoms with Crippen LogP contribution in [0.2, 0.25) is 0 Å². The number of thiazole rings is 1. The number of hydrogen-bond acceptors (Lipinski definition) is 4. The highest BCUT2D eigenvalue weighted by Crippen LogP contribution is 2.30. The molecule has 1 heterocycles. The van der Waals surface area contributed by atoms with Crippen LogP contribution in [0.1, 0.15) is 0 Å². The Morgan fingerprint density at radius 1 is 1.78 bits per heavy atom. The van der Waals surface area contributed by atoms with Gasteiger partial charge in [-0.25, -0.2) is 0 Å². The number of H-pyrrole nitrogens is 1. The first-order chi connectivity index (χ1) is 4.24. The molecule has 1 aromatic heterocycles. The van der Waals surface area contributed by atoms with Crippen molar-refractivity contribution in [2.45, 2.75) is 0 Å². The van der Waals surface area contributed by atoms with E-state index in [0.717, 1.165) is 11.3 Å². The molecule has 0 atom stereocenters. The van der Waals surface area contributed by atoms with Gasteiger partial charge >= 0.3 is 10.9 Å². The molecule has 0 fully saturated rings. The van der Waals surface area contributed by atoms with E-state index >= 15 is 0 Å². The van der Waals surface area contributed by atoms with E-state index in [-0.39, 0.29) is 10.9 Å². The average molecular weight is 160 g/mol. The minimum atomic E-state index is -0.187. The Balaban J connectivity index is 3.37. The normalized spacial score (nSPS) is 8.78. The van der Waals surface area contributed by atoms with E-state index in [9.17, 15) is 0 Å². The van der Waals surface area contributed by atoms with Crippen LogP contribution in [0.15, 0.2) is 0 Å². The van der Waals surface area contributed by atoms with Gasteiger partial charge in [0.2, 0.25) is 5.39 Å². The summed E-state index contributed by atoms with van der Waals surface area (Å²) in [5.74, 6) is -0.187. The van der Waals surface area contributed by atoms with Gasteiger partial charge in [0, 0.05) is 0 Å². The standard InChI is InChI=1S/C3HN3OS2/c4-6-2-1(7)5-3(8)9-2/h(H-,5,7,8)/p+1. The largest absolute Gasteiger partial charge is 0.502 e. The fraction of sp³-hybridized carbons (Fsp3) is 0. The SMILES string of the molecule is N#[N+]c1sc(=S)[nH]c1O. The van der Waals surface area contributed by atoms with Crippen molar-refractivity contribution < 1.29 is 5.11 Å². The quantitative estimate of drug-likeness (QED) is 0.450. The third-order valence-corrected chi connectivity index (χ3v) is 1.81. The lowest BCUT2D eigenvalue weighted by molar-refractivity contribution is 0.459. The summed E-state index contributed by atoms with van der Waals surface area (Å²) in [5, 5.41) is 17.0. The first-order valence-electron chi connectivity index (χ1n) is 2.01. The maximum absolute atomic E-state index is 8.77. The van der Waals surface area contributed by atoms with Crippen LogP contribution in [0.4, 0.5) is 5.00 Å². The molecular formula is C3H2N3OS2+. The van der Waals surface area contributed by atoms with Crippen molar-refractivity contribution in [1.29, 1.82) is 5.39 Å². The summed E-state index contributed by atoms with van der Waals surface area (Å²) in [7, 11) is 0. The van der Waals surface area contributed by atoms with Crippen molar-refractivity contribution >= 4 is 28.6 Å². The summed E-state index contributed by atoms with van der Waals surface area (Å²) >= 11 is 5.63. The van der Waals surface area contributed by atoms with Gasteiger partial charge < -0.3 is 10.1 Å². The number of nitrogens with one attached hydrogen (secondary N) is 1. The van der Waals surface area contributed by atoms with Crippen LogP contribution in [0, 0.1) is 9.35 Å². The molecule has 0 unspecified atom stereocenters. The van der Waals surface area contributed by atoms with E-state index in [2.05, 4.69) is 22.2 Å². The zero-order valence-corrected chi connectivity index (χ0v) is 5.79. The second-order valence-corrected chi connectivity index (χ2v) is 2.93. The fourth-order valence-corrected chi connectivity index (χ4v) is 1.22. The molecule has 0 amide bonds. The van der Waals surface area contributed by atoms with E-state index in [1.54, 1.807) is 0 Å². The molecule has 0 aliphatic rings. The van der Waals surface area contributed by atoms with Gasteiger partial charge in [-0.3, -0.25) is 0 Å². The molecule has 0 saturated carbocycles. The minimum absolute atomic E-state index is 0.111. The second-order valence-electron chi connectivity index (χ2n) is 1.27. The number of aromatic hydroxyl groups is 1. The van der Waals surface area contributed by atoms with Crippen LogP contribution in [0.3, 0.4) is 0 Å². The molecule has 0 aliphatic carbocycles. The topological polar surface area (TPSA) is 64.2 Å². The van der Waals surface area contributed by atoms with Gasteiger partial charge in [0.25, 0.3) is 0 Å². The van der Waals surface area contributed by atoms with E-state index in [1.165, 1.54) is 0 Å². The lowest BCUT2D eigenvalue weighted by atomic mass is 10.8. The molecule has 0 bridgehead atoms. The highest BCUT2D eigenvalue weighted by atomic mass is 32.1. The first kappa shape index (κ1) is 6.19. The summed E-state index contributed by atoms with van der Waals surface area (Å²) in [5.41, 5.74) is 0. The molecule has 0 aromatic carbocycles. The average Bonchev–Trinajstić information content (AvgIpc) is 2.10. The predicted octanol–water partition coefficient (Wildman–Crippen LogP) is 2.00. The van der Waals surface area contributed by atoms with Crippen molar-refractivity contribution in [2.24, 2.45) is 0 Å². The third kappa shape index (κ3) is 1.06. The summed E-state index contributed by atoms with van der Waals surface area (Å²) < 4.78 is 0.389. The molecule has 0 spiro atoms. The molecule has 1 aromatic rings. The molecule has 0 radical (unpaired) electrons. The molecule has 1 rings (SSSR count). The van der Waals surface area contributed by atoms with Gasteiger partial charge in [-0.15, -0.1) is 0 Å². The van der Waals surface area contributed by atoms with Crippen molar-refractivity contribution in [3.05, 3.63) is 8.93 Å². The summed E-state index contributed by atoms with van der Waals surface area (Å²) in [6, 6.07) is 0. The van der Waals surface area contributed by atoms with E-state index < -0.39 is 0 Å². The van der Waals surface area contributed by atoms with Gasteiger partial charge in [0.1, 0.15) is 0 Å². The Hall–Kier alpha value is -0.930. The van der Waals surface area contributed by atoms with Crippen molar-refractivity contribution in [2.75, 3.05) is 0 Å². The monoisotopic (exact) mass is 160 g/mol. The Morgan fingerprint density at radius 3 is 2.67 bits per heavy atom. The fourth-order valence-electron chi connectivity index (χ4n) is 0.380. The Bertz CT molecular complexity index is 306. The Labute approximate surface area is 59.4 Å². The maximum atomic E-state index is 8.77. The summed E-state index contributed by atoms with van der Waals surface area (Å²) in [6.07, 6.45) is 0. The molecule has 4 nitrogen and oxygen atoms in total. The molecule has 0 aliphatic heterocycles. The van der Waals surface area contributed by atoms with Gasteiger partial charge in [0.05, 0.1) is 0 Å². The number of diazo groups is 1.